The number of piperazine rings is 1. The fourth-order valence-corrected chi connectivity index (χ4v) is 2.80. The lowest BCUT2D eigenvalue weighted by molar-refractivity contribution is 0.105. The standard InChI is InChI=1S/C17H20ClN5O2/c1-2-25-17(24)23-10-8-22(9-11-23)15-6-7-19-16(21-15)20-14-5-3-4-13(18)12-14/h3-7,12H,2,8-11H2,1H3,(H,19,20,21). The summed E-state index contributed by atoms with van der Waals surface area (Å²) in [7, 11) is 0. The van der Waals surface area contributed by atoms with Gasteiger partial charge in [0.25, 0.3) is 0 Å². The van der Waals surface area contributed by atoms with E-state index in [1.165, 1.54) is 0 Å². The quantitative estimate of drug-likeness (QED) is 0.902. The first kappa shape index (κ1) is 17.3. The molecule has 0 atom stereocenters. The summed E-state index contributed by atoms with van der Waals surface area (Å²) in [5, 5.41) is 3.80. The molecule has 1 N–H and O–H groups in total. The minimum absolute atomic E-state index is 0.256. The van der Waals surface area contributed by atoms with E-state index < -0.39 is 0 Å². The molecule has 1 saturated heterocycles. The first-order chi connectivity index (χ1) is 12.2. The molecule has 1 aliphatic rings. The number of halogens is 1. The fourth-order valence-electron chi connectivity index (χ4n) is 2.61. The van der Waals surface area contributed by atoms with Gasteiger partial charge in [-0.3, -0.25) is 0 Å². The molecule has 7 nitrogen and oxygen atoms in total. The monoisotopic (exact) mass is 361 g/mol. The number of ether oxygens (including phenoxy) is 1. The number of nitrogens with zero attached hydrogens (tertiary/aromatic N) is 4. The summed E-state index contributed by atoms with van der Waals surface area (Å²) in [4.78, 5) is 24.4. The van der Waals surface area contributed by atoms with Crippen LogP contribution in [0.1, 0.15) is 6.92 Å². The molecule has 1 aromatic carbocycles. The molecular weight excluding hydrogens is 342 g/mol. The van der Waals surface area contributed by atoms with Gasteiger partial charge in [-0.1, -0.05) is 17.7 Å². The smallest absolute Gasteiger partial charge is 0.409 e. The first-order valence-corrected chi connectivity index (χ1v) is 8.56. The van der Waals surface area contributed by atoms with Crippen LogP contribution in [0.15, 0.2) is 36.5 Å². The molecule has 0 radical (unpaired) electrons. The zero-order valence-corrected chi connectivity index (χ0v) is 14.7. The van der Waals surface area contributed by atoms with Gasteiger partial charge in [0, 0.05) is 43.1 Å². The van der Waals surface area contributed by atoms with E-state index in [1.807, 2.05) is 37.3 Å². The summed E-state index contributed by atoms with van der Waals surface area (Å²) in [6.07, 6.45) is 1.46. The van der Waals surface area contributed by atoms with Crippen LogP contribution >= 0.6 is 11.6 Å². The highest BCUT2D eigenvalue weighted by Crippen LogP contribution is 2.20. The molecule has 1 aromatic heterocycles. The van der Waals surface area contributed by atoms with Crippen molar-refractivity contribution in [1.82, 2.24) is 14.9 Å². The van der Waals surface area contributed by atoms with Gasteiger partial charge in [-0.15, -0.1) is 0 Å². The van der Waals surface area contributed by atoms with E-state index in [0.29, 0.717) is 43.8 Å². The number of benzene rings is 1. The summed E-state index contributed by atoms with van der Waals surface area (Å²) < 4.78 is 5.04. The summed E-state index contributed by atoms with van der Waals surface area (Å²) in [6.45, 7) is 4.83. The Kier molecular flexibility index (Phi) is 5.55. The van der Waals surface area contributed by atoms with E-state index in [4.69, 9.17) is 16.3 Å². The number of anilines is 3. The normalized spacial score (nSPS) is 14.3. The third-order valence-corrected chi connectivity index (χ3v) is 4.09. The van der Waals surface area contributed by atoms with Gasteiger partial charge < -0.3 is 19.9 Å². The molecule has 0 aliphatic carbocycles. The molecule has 25 heavy (non-hydrogen) atoms. The first-order valence-electron chi connectivity index (χ1n) is 8.18. The Morgan fingerprint density at radius 3 is 2.80 bits per heavy atom. The Balaban J connectivity index is 1.63. The maximum atomic E-state index is 11.8. The van der Waals surface area contributed by atoms with Crippen LogP contribution in [0, 0.1) is 0 Å². The van der Waals surface area contributed by atoms with Crippen molar-refractivity contribution in [2.45, 2.75) is 6.92 Å². The van der Waals surface area contributed by atoms with Gasteiger partial charge in [0.2, 0.25) is 5.95 Å². The maximum absolute atomic E-state index is 11.8. The number of carbonyl (C=O) groups is 1. The number of hydrogen-bond donors (Lipinski definition) is 1. The maximum Gasteiger partial charge on any atom is 0.409 e. The van der Waals surface area contributed by atoms with E-state index in [1.54, 1.807) is 11.1 Å². The third-order valence-electron chi connectivity index (χ3n) is 3.85. The van der Waals surface area contributed by atoms with Crippen molar-refractivity contribution in [2.24, 2.45) is 0 Å². The largest absolute Gasteiger partial charge is 0.450 e. The van der Waals surface area contributed by atoms with Gasteiger partial charge in [0.15, 0.2) is 0 Å². The van der Waals surface area contributed by atoms with Crippen LogP contribution in [0.25, 0.3) is 0 Å². The van der Waals surface area contributed by atoms with Crippen molar-refractivity contribution in [1.29, 1.82) is 0 Å². The molecule has 2 heterocycles. The minimum Gasteiger partial charge on any atom is -0.450 e. The van der Waals surface area contributed by atoms with Gasteiger partial charge >= 0.3 is 6.09 Å². The van der Waals surface area contributed by atoms with Crippen molar-refractivity contribution in [3.05, 3.63) is 41.6 Å². The highest BCUT2D eigenvalue weighted by atomic mass is 35.5. The Morgan fingerprint density at radius 2 is 2.08 bits per heavy atom. The SMILES string of the molecule is CCOC(=O)N1CCN(c2ccnc(Nc3cccc(Cl)c3)n2)CC1. The number of rotatable bonds is 4. The second kappa shape index (κ2) is 8.02. The second-order valence-corrected chi connectivity index (χ2v) is 5.98. The van der Waals surface area contributed by atoms with Gasteiger partial charge in [-0.05, 0) is 31.2 Å². The number of nitrogens with one attached hydrogen (secondary N) is 1. The van der Waals surface area contributed by atoms with Crippen LogP contribution in [-0.4, -0.2) is 53.7 Å². The van der Waals surface area contributed by atoms with Crippen LogP contribution < -0.4 is 10.2 Å². The summed E-state index contributed by atoms with van der Waals surface area (Å²) >= 11 is 5.99. The van der Waals surface area contributed by atoms with Gasteiger partial charge in [0.05, 0.1) is 6.61 Å². The van der Waals surface area contributed by atoms with E-state index in [2.05, 4.69) is 20.2 Å². The van der Waals surface area contributed by atoms with Crippen molar-refractivity contribution in [3.8, 4) is 0 Å². The Morgan fingerprint density at radius 1 is 1.28 bits per heavy atom. The summed E-state index contributed by atoms with van der Waals surface area (Å²) in [5.74, 6) is 1.33. The molecular formula is C17H20ClN5O2. The molecule has 1 fully saturated rings. The summed E-state index contributed by atoms with van der Waals surface area (Å²) in [6, 6.07) is 9.26. The zero-order chi connectivity index (χ0) is 17.6. The van der Waals surface area contributed by atoms with Crippen molar-refractivity contribution >= 4 is 35.1 Å². The minimum atomic E-state index is -0.256. The number of aromatic nitrogens is 2. The predicted molar refractivity (Wildman–Crippen MR) is 97.6 cm³/mol. The van der Waals surface area contributed by atoms with E-state index in [9.17, 15) is 4.79 Å². The van der Waals surface area contributed by atoms with E-state index in [0.717, 1.165) is 11.5 Å². The van der Waals surface area contributed by atoms with Crippen molar-refractivity contribution < 1.29 is 9.53 Å². The Hall–Kier alpha value is -2.54. The molecule has 0 bridgehead atoms. The zero-order valence-electron chi connectivity index (χ0n) is 14.0. The third kappa shape index (κ3) is 4.51. The van der Waals surface area contributed by atoms with Crippen LogP contribution in [0.4, 0.5) is 22.2 Å². The molecule has 132 valence electrons. The molecule has 1 amide bonds. The predicted octanol–water partition coefficient (Wildman–Crippen LogP) is 3.15. The van der Waals surface area contributed by atoms with Crippen LogP contribution in [0.2, 0.25) is 5.02 Å². The molecule has 0 spiro atoms. The van der Waals surface area contributed by atoms with Crippen LogP contribution in [-0.2, 0) is 4.74 Å². The average Bonchev–Trinajstić information content (AvgIpc) is 2.62. The van der Waals surface area contributed by atoms with Gasteiger partial charge in [-0.25, -0.2) is 9.78 Å². The molecule has 8 heteroatoms. The molecule has 2 aromatic rings. The van der Waals surface area contributed by atoms with Crippen LogP contribution in [0.5, 0.6) is 0 Å². The fraction of sp³-hybridized carbons (Fsp3) is 0.353. The van der Waals surface area contributed by atoms with E-state index in [-0.39, 0.29) is 6.09 Å². The Bertz CT molecular complexity index is 734. The molecule has 0 unspecified atom stereocenters. The molecule has 0 saturated carbocycles. The number of amides is 1. The Labute approximate surface area is 151 Å². The van der Waals surface area contributed by atoms with Crippen LogP contribution in [0.3, 0.4) is 0 Å². The van der Waals surface area contributed by atoms with Crippen molar-refractivity contribution in [3.63, 3.8) is 0 Å². The number of hydrogen-bond acceptors (Lipinski definition) is 6. The lowest BCUT2D eigenvalue weighted by Crippen LogP contribution is -2.49. The lowest BCUT2D eigenvalue weighted by Gasteiger charge is -2.34. The van der Waals surface area contributed by atoms with Gasteiger partial charge in [0.1, 0.15) is 5.82 Å². The molecule has 1 aliphatic heterocycles. The second-order valence-electron chi connectivity index (χ2n) is 5.55. The van der Waals surface area contributed by atoms with E-state index >= 15 is 0 Å². The lowest BCUT2D eigenvalue weighted by atomic mass is 10.3. The molecule has 3 rings (SSSR count). The topological polar surface area (TPSA) is 70.6 Å². The highest BCUT2D eigenvalue weighted by Gasteiger charge is 2.22. The highest BCUT2D eigenvalue weighted by molar-refractivity contribution is 6.30. The average molecular weight is 362 g/mol. The van der Waals surface area contributed by atoms with Crippen molar-refractivity contribution in [2.75, 3.05) is 43.0 Å². The number of carbonyl (C=O) groups excluding carboxylic acids is 1. The summed E-state index contributed by atoms with van der Waals surface area (Å²) in [5.41, 5.74) is 0.830. The van der Waals surface area contributed by atoms with Gasteiger partial charge in [-0.2, -0.15) is 4.98 Å².